The maximum absolute atomic E-state index is 6.05. The van der Waals surface area contributed by atoms with Gasteiger partial charge in [0.1, 0.15) is 5.75 Å². The van der Waals surface area contributed by atoms with Gasteiger partial charge >= 0.3 is 7.66 Å². The van der Waals surface area contributed by atoms with Crippen molar-refractivity contribution in [3.8, 4) is 5.75 Å². The third-order valence-electron chi connectivity index (χ3n) is 2.11. The van der Waals surface area contributed by atoms with Gasteiger partial charge in [0.2, 0.25) is 0 Å². The van der Waals surface area contributed by atoms with Crippen LogP contribution in [0.3, 0.4) is 0 Å². The molecule has 1 aromatic rings. The van der Waals surface area contributed by atoms with Crippen LogP contribution in [0.1, 0.15) is 11.1 Å². The van der Waals surface area contributed by atoms with Crippen LogP contribution in [0.2, 0.25) is 10.0 Å². The van der Waals surface area contributed by atoms with Gasteiger partial charge in [-0.3, -0.25) is 0 Å². The van der Waals surface area contributed by atoms with Crippen LogP contribution in [-0.2, 0) is 6.42 Å². The molecule has 16 heavy (non-hydrogen) atoms. The summed E-state index contributed by atoms with van der Waals surface area (Å²) in [6.45, 7) is 5.57. The number of allylic oxidation sites excluding steroid dienone is 1. The number of rotatable bonds is 4. The normalized spacial score (nSPS) is 10.6. The highest BCUT2D eigenvalue weighted by Gasteiger charge is 2.17. The molecule has 0 fully saturated rings. The first-order valence-corrected chi connectivity index (χ1v) is 9.22. The smallest absolute Gasteiger partial charge is 0.433 e. The molecule has 0 radical (unpaired) electrons. The lowest BCUT2D eigenvalue weighted by Gasteiger charge is -2.16. The molecule has 0 aromatic heterocycles. The van der Waals surface area contributed by atoms with Crippen molar-refractivity contribution in [3.05, 3.63) is 39.9 Å². The highest BCUT2D eigenvalue weighted by molar-refractivity contribution is 7.31. The van der Waals surface area contributed by atoms with E-state index in [2.05, 4.69) is 6.58 Å². The van der Waals surface area contributed by atoms with E-state index in [0.717, 1.165) is 11.1 Å². The van der Waals surface area contributed by atoms with Crippen LogP contribution in [-0.4, -0.2) is 7.66 Å². The largest absolute Gasteiger partial charge is 0.519 e. The van der Waals surface area contributed by atoms with Crippen molar-refractivity contribution in [3.63, 3.8) is 0 Å². The van der Waals surface area contributed by atoms with Crippen molar-refractivity contribution in [2.75, 3.05) is 0 Å². The monoisotopic (exact) mass is 314 g/mol. The van der Waals surface area contributed by atoms with Crippen LogP contribution < -0.4 is 4.43 Å². The Morgan fingerprint density at radius 2 is 2.00 bits per heavy atom. The molecule has 0 saturated carbocycles. The van der Waals surface area contributed by atoms with Crippen LogP contribution in [0.5, 0.6) is 5.75 Å². The molecule has 0 aliphatic carbocycles. The number of hydrogen-bond donors (Lipinski definition) is 0. The van der Waals surface area contributed by atoms with E-state index in [1.54, 1.807) is 12.1 Å². The van der Waals surface area contributed by atoms with Crippen molar-refractivity contribution in [1.29, 1.82) is 0 Å². The predicted molar refractivity (Wildman–Crippen MR) is 74.6 cm³/mol. The van der Waals surface area contributed by atoms with Crippen LogP contribution >= 0.6 is 45.4 Å². The third-order valence-corrected chi connectivity index (χ3v) is 3.73. The fourth-order valence-corrected chi connectivity index (χ4v) is 2.95. The Morgan fingerprint density at radius 3 is 2.50 bits per heavy atom. The minimum absolute atomic E-state index is 0.422. The Hall–Kier alpha value is 0.137. The van der Waals surface area contributed by atoms with Crippen molar-refractivity contribution in [1.82, 2.24) is 0 Å². The summed E-state index contributed by atoms with van der Waals surface area (Å²) in [5.74, 6) is 0.519. The van der Waals surface area contributed by atoms with Gasteiger partial charge in [0, 0.05) is 10.6 Å². The Bertz CT molecular complexity index is 406. The van der Waals surface area contributed by atoms with E-state index in [0.29, 0.717) is 22.2 Å². The van der Waals surface area contributed by atoms with Crippen molar-refractivity contribution in [2.24, 2.45) is 0 Å². The molecule has 0 aliphatic heterocycles. The second-order valence-electron chi connectivity index (χ2n) is 3.14. The minimum Gasteiger partial charge on any atom is -0.519 e. The van der Waals surface area contributed by atoms with E-state index in [4.69, 9.17) is 49.8 Å². The molecule has 1 nitrogen and oxygen atoms in total. The molecule has 0 amide bonds. The molecule has 0 spiro atoms. The van der Waals surface area contributed by atoms with Gasteiger partial charge in [-0.15, -0.1) is 28.7 Å². The van der Waals surface area contributed by atoms with E-state index < -0.39 is 7.66 Å². The van der Waals surface area contributed by atoms with Crippen molar-refractivity contribution >= 4 is 53.0 Å². The van der Waals surface area contributed by atoms with E-state index in [1.165, 1.54) is 0 Å². The number of benzene rings is 1. The first-order chi connectivity index (χ1) is 7.47. The van der Waals surface area contributed by atoms with Gasteiger partial charge in [0.05, 0.1) is 5.02 Å². The molecule has 0 aliphatic rings. The fourth-order valence-electron chi connectivity index (χ4n) is 1.35. The lowest BCUT2D eigenvalue weighted by molar-refractivity contribution is 0.595. The van der Waals surface area contributed by atoms with Gasteiger partial charge in [-0.05, 0) is 25.0 Å². The standard InChI is InChI=1S/C10H10Cl4OSi/c1-3-4-7-6(2)8(11)5-9(12)10(7)15-16(13)14/h3,5,16H,1,4H2,2H3. The van der Waals surface area contributed by atoms with Gasteiger partial charge in [0.15, 0.2) is 0 Å². The second-order valence-corrected chi connectivity index (χ2v) is 7.76. The third kappa shape index (κ3) is 3.31. The average molecular weight is 316 g/mol. The van der Waals surface area contributed by atoms with Crippen molar-refractivity contribution in [2.45, 2.75) is 13.3 Å². The summed E-state index contributed by atoms with van der Waals surface area (Å²) in [5, 5.41) is 1.02. The molecule has 0 N–H and O–H groups in total. The quantitative estimate of drug-likeness (QED) is 0.448. The minimum atomic E-state index is -2.23. The zero-order chi connectivity index (χ0) is 12.3. The van der Waals surface area contributed by atoms with E-state index in [-0.39, 0.29) is 0 Å². The second kappa shape index (κ2) is 6.17. The highest BCUT2D eigenvalue weighted by atomic mass is 35.7. The maximum atomic E-state index is 6.05. The Kier molecular flexibility index (Phi) is 5.48. The summed E-state index contributed by atoms with van der Waals surface area (Å²) in [4.78, 5) is 0. The summed E-state index contributed by atoms with van der Waals surface area (Å²) < 4.78 is 5.40. The van der Waals surface area contributed by atoms with Gasteiger partial charge in [-0.2, -0.15) is 0 Å². The Labute approximate surface area is 116 Å². The number of hydrogen-bond acceptors (Lipinski definition) is 1. The molecule has 88 valence electrons. The predicted octanol–water partition coefficient (Wildman–Crippen LogP) is 4.60. The lowest BCUT2D eigenvalue weighted by Crippen LogP contribution is -2.09. The van der Waals surface area contributed by atoms with Crippen LogP contribution in [0.25, 0.3) is 0 Å². The Balaban J connectivity index is 3.31. The molecule has 1 aromatic carbocycles. The number of halogens is 4. The molecule has 0 heterocycles. The summed E-state index contributed by atoms with van der Waals surface area (Å²) in [5.41, 5.74) is 1.79. The summed E-state index contributed by atoms with van der Waals surface area (Å²) >= 11 is 23.5. The molecular weight excluding hydrogens is 306 g/mol. The summed E-state index contributed by atoms with van der Waals surface area (Å²) in [6.07, 6.45) is 2.36. The van der Waals surface area contributed by atoms with Crippen LogP contribution in [0.15, 0.2) is 18.7 Å². The Morgan fingerprint density at radius 1 is 1.38 bits per heavy atom. The topological polar surface area (TPSA) is 9.23 Å². The molecule has 0 bridgehead atoms. The molecular formula is C10H10Cl4OSi. The summed E-state index contributed by atoms with van der Waals surface area (Å²) in [6, 6.07) is 1.63. The van der Waals surface area contributed by atoms with Crippen LogP contribution in [0.4, 0.5) is 0 Å². The van der Waals surface area contributed by atoms with Gasteiger partial charge < -0.3 is 4.43 Å². The first kappa shape index (κ1) is 14.2. The maximum Gasteiger partial charge on any atom is 0.433 e. The zero-order valence-electron chi connectivity index (χ0n) is 8.57. The van der Waals surface area contributed by atoms with Gasteiger partial charge in [-0.1, -0.05) is 29.3 Å². The zero-order valence-corrected chi connectivity index (χ0v) is 12.7. The van der Waals surface area contributed by atoms with Gasteiger partial charge in [0.25, 0.3) is 0 Å². The fraction of sp³-hybridized carbons (Fsp3) is 0.200. The lowest BCUT2D eigenvalue weighted by atomic mass is 10.0. The van der Waals surface area contributed by atoms with E-state index in [1.807, 2.05) is 6.92 Å². The van der Waals surface area contributed by atoms with Gasteiger partial charge in [-0.25, -0.2) is 0 Å². The molecule has 0 atom stereocenters. The van der Waals surface area contributed by atoms with E-state index in [9.17, 15) is 0 Å². The molecule has 0 saturated heterocycles. The van der Waals surface area contributed by atoms with E-state index >= 15 is 0 Å². The molecule has 0 unspecified atom stereocenters. The molecule has 1 rings (SSSR count). The SMILES string of the molecule is C=CCc1c(C)c(Cl)cc(Cl)c1O[SiH](Cl)Cl. The van der Waals surface area contributed by atoms with Crippen molar-refractivity contribution < 1.29 is 4.43 Å². The summed E-state index contributed by atoms with van der Waals surface area (Å²) in [7, 11) is -2.23. The first-order valence-electron chi connectivity index (χ1n) is 4.50. The average Bonchev–Trinajstić information content (AvgIpc) is 2.19. The van der Waals surface area contributed by atoms with Crippen LogP contribution in [0, 0.1) is 6.92 Å². The molecule has 6 heteroatoms. The highest BCUT2D eigenvalue weighted by Crippen LogP contribution is 2.37.